The fourth-order valence-electron chi connectivity index (χ4n) is 2.91. The van der Waals surface area contributed by atoms with Crippen LogP contribution in [0.25, 0.3) is 10.9 Å². The molecule has 0 bridgehead atoms. The number of aliphatic hydroxyl groups excluding tert-OH is 1. The predicted octanol–water partition coefficient (Wildman–Crippen LogP) is 2.46. The molecule has 2 aromatic rings. The average molecular weight is 496 g/mol. The molecule has 1 aliphatic heterocycles. The average Bonchev–Trinajstić information content (AvgIpc) is 2.54. The lowest BCUT2D eigenvalue weighted by atomic mass is 9.97. The van der Waals surface area contributed by atoms with Crippen LogP contribution >= 0.6 is 44.5 Å². The number of piperidine rings is 1. The highest BCUT2D eigenvalue weighted by Crippen LogP contribution is 2.25. The molecule has 0 saturated carbocycles. The molecule has 1 fully saturated rings. The highest BCUT2D eigenvalue weighted by atomic mass is 79.9. The van der Waals surface area contributed by atoms with E-state index < -0.39 is 6.10 Å². The van der Waals surface area contributed by atoms with Crippen LogP contribution in [0.5, 0.6) is 0 Å². The Labute approximate surface area is 168 Å². The second-order valence-corrected chi connectivity index (χ2v) is 7.24. The highest BCUT2D eigenvalue weighted by Gasteiger charge is 2.25. The molecular formula is C16H18Br2ClN3O3. The van der Waals surface area contributed by atoms with E-state index in [4.69, 9.17) is 11.6 Å². The van der Waals surface area contributed by atoms with Crippen molar-refractivity contribution in [1.29, 1.82) is 0 Å². The summed E-state index contributed by atoms with van der Waals surface area (Å²) >= 11 is 9.33. The molecule has 2 unspecified atom stereocenters. The van der Waals surface area contributed by atoms with E-state index in [0.717, 1.165) is 13.0 Å². The fraction of sp³-hybridized carbons (Fsp3) is 0.438. The van der Waals surface area contributed by atoms with Crippen molar-refractivity contribution in [3.05, 3.63) is 38.3 Å². The summed E-state index contributed by atoms with van der Waals surface area (Å²) in [7, 11) is 0. The number of nitrogens with zero attached hydrogens (tertiary/aromatic N) is 2. The molecule has 0 spiro atoms. The molecule has 2 N–H and O–H groups in total. The number of halogens is 3. The van der Waals surface area contributed by atoms with E-state index in [0.29, 0.717) is 26.8 Å². The van der Waals surface area contributed by atoms with Gasteiger partial charge in [-0.3, -0.25) is 14.2 Å². The van der Waals surface area contributed by atoms with Gasteiger partial charge >= 0.3 is 0 Å². The molecule has 0 radical (unpaired) electrons. The first kappa shape index (κ1) is 20.5. The predicted molar refractivity (Wildman–Crippen MR) is 106 cm³/mol. The quantitative estimate of drug-likeness (QED) is 0.681. The van der Waals surface area contributed by atoms with Crippen LogP contribution in [0.3, 0.4) is 0 Å². The van der Waals surface area contributed by atoms with Gasteiger partial charge < -0.3 is 10.4 Å². The summed E-state index contributed by atoms with van der Waals surface area (Å²) in [5, 5.41) is 13.9. The Morgan fingerprint density at radius 1 is 1.48 bits per heavy atom. The second kappa shape index (κ2) is 8.73. The van der Waals surface area contributed by atoms with Gasteiger partial charge in [-0.1, -0.05) is 11.6 Å². The van der Waals surface area contributed by atoms with Gasteiger partial charge in [0.2, 0.25) is 0 Å². The highest BCUT2D eigenvalue weighted by molar-refractivity contribution is 9.10. The first-order valence-corrected chi connectivity index (χ1v) is 8.90. The lowest BCUT2D eigenvalue weighted by Gasteiger charge is -2.28. The Morgan fingerprint density at radius 2 is 2.24 bits per heavy atom. The van der Waals surface area contributed by atoms with Crippen LogP contribution in [0.2, 0.25) is 5.02 Å². The standard InChI is InChI=1S/C16H17BrClN3O3.BrH/c17-11-6-13-10(5-12(11)18)16(24)21(8-20-13)7-9(22)4-14-15(23)2-1-3-19-14;/h5-6,8,14-15,19,23H,1-4,7H2;1H. The minimum atomic E-state index is -0.523. The second-order valence-electron chi connectivity index (χ2n) is 5.97. The van der Waals surface area contributed by atoms with E-state index in [2.05, 4.69) is 26.2 Å². The molecule has 2 heterocycles. The maximum Gasteiger partial charge on any atom is 0.261 e. The van der Waals surface area contributed by atoms with Crippen molar-refractivity contribution in [3.8, 4) is 0 Å². The first-order valence-electron chi connectivity index (χ1n) is 7.73. The number of hydrogen-bond donors (Lipinski definition) is 2. The maximum absolute atomic E-state index is 12.5. The zero-order valence-electron chi connectivity index (χ0n) is 13.2. The minimum Gasteiger partial charge on any atom is -0.391 e. The third-order valence-electron chi connectivity index (χ3n) is 4.21. The van der Waals surface area contributed by atoms with Gasteiger partial charge in [0.1, 0.15) is 0 Å². The molecule has 6 nitrogen and oxygen atoms in total. The van der Waals surface area contributed by atoms with Gasteiger partial charge in [0, 0.05) is 16.9 Å². The summed E-state index contributed by atoms with van der Waals surface area (Å²) in [4.78, 5) is 29.0. The van der Waals surface area contributed by atoms with E-state index in [-0.39, 0.29) is 47.3 Å². The molecule has 0 aliphatic carbocycles. The molecule has 2 atom stereocenters. The number of ketones is 1. The van der Waals surface area contributed by atoms with Crippen molar-refractivity contribution in [1.82, 2.24) is 14.9 Å². The summed E-state index contributed by atoms with van der Waals surface area (Å²) in [6.07, 6.45) is 2.62. The number of aliphatic hydroxyl groups is 1. The number of carbonyl (C=O) groups excluding carboxylic acids is 1. The zero-order valence-corrected chi connectivity index (χ0v) is 17.3. The van der Waals surface area contributed by atoms with Crippen molar-refractivity contribution in [3.63, 3.8) is 0 Å². The van der Waals surface area contributed by atoms with Gasteiger partial charge in [-0.25, -0.2) is 4.98 Å². The third kappa shape index (κ3) is 4.68. The zero-order chi connectivity index (χ0) is 17.3. The number of nitrogens with one attached hydrogen (secondary N) is 1. The summed E-state index contributed by atoms with van der Waals surface area (Å²) in [6.45, 7) is 0.722. The molecule has 9 heteroatoms. The fourth-order valence-corrected chi connectivity index (χ4v) is 3.40. The molecular weight excluding hydrogens is 477 g/mol. The van der Waals surface area contributed by atoms with Gasteiger partial charge in [0.05, 0.1) is 34.9 Å². The van der Waals surface area contributed by atoms with E-state index in [1.54, 1.807) is 12.1 Å². The number of carbonyl (C=O) groups is 1. The van der Waals surface area contributed by atoms with Gasteiger partial charge in [-0.15, -0.1) is 17.0 Å². The van der Waals surface area contributed by atoms with Crippen LogP contribution in [0.1, 0.15) is 19.3 Å². The Kier molecular flexibility index (Phi) is 7.16. The van der Waals surface area contributed by atoms with Crippen molar-refractivity contribution < 1.29 is 9.90 Å². The number of Topliss-reactive ketones (excluding diaryl/α,β-unsaturated/α-hetero) is 1. The van der Waals surface area contributed by atoms with Gasteiger partial charge in [-0.2, -0.15) is 0 Å². The molecule has 1 aromatic heterocycles. The SMILES string of the molecule is Br.O=C(CC1NCCCC1O)Cn1cnc2cc(Br)c(Cl)cc2c1=O. The third-order valence-corrected chi connectivity index (χ3v) is 5.41. The Balaban J connectivity index is 0.00000225. The van der Waals surface area contributed by atoms with E-state index in [1.807, 2.05) is 0 Å². The number of benzene rings is 1. The smallest absolute Gasteiger partial charge is 0.261 e. The molecule has 3 rings (SSSR count). The normalized spacial score (nSPS) is 20.3. The van der Waals surface area contributed by atoms with Crippen LogP contribution in [0.4, 0.5) is 0 Å². The largest absolute Gasteiger partial charge is 0.391 e. The van der Waals surface area contributed by atoms with E-state index in [1.165, 1.54) is 10.9 Å². The molecule has 1 aliphatic rings. The van der Waals surface area contributed by atoms with E-state index >= 15 is 0 Å². The maximum atomic E-state index is 12.5. The van der Waals surface area contributed by atoms with Crippen LogP contribution in [-0.4, -0.2) is 39.1 Å². The summed E-state index contributed by atoms with van der Waals surface area (Å²) < 4.78 is 1.94. The van der Waals surface area contributed by atoms with Crippen LogP contribution < -0.4 is 10.9 Å². The summed E-state index contributed by atoms with van der Waals surface area (Å²) in [6, 6.07) is 2.97. The summed E-state index contributed by atoms with van der Waals surface area (Å²) in [5.74, 6) is -0.125. The topological polar surface area (TPSA) is 84.2 Å². The molecule has 1 saturated heterocycles. The molecule has 25 heavy (non-hydrogen) atoms. The van der Waals surface area contributed by atoms with E-state index in [9.17, 15) is 14.7 Å². The van der Waals surface area contributed by atoms with Gasteiger partial charge in [0.25, 0.3) is 5.56 Å². The summed E-state index contributed by atoms with van der Waals surface area (Å²) in [5.41, 5.74) is 0.212. The van der Waals surface area contributed by atoms with Crippen molar-refractivity contribution in [2.24, 2.45) is 0 Å². The van der Waals surface area contributed by atoms with Crippen LogP contribution in [0, 0.1) is 0 Å². The Bertz CT molecular complexity index is 843. The van der Waals surface area contributed by atoms with Crippen molar-refractivity contribution in [2.75, 3.05) is 6.54 Å². The lowest BCUT2D eigenvalue weighted by Crippen LogP contribution is -2.46. The Morgan fingerprint density at radius 3 is 2.96 bits per heavy atom. The molecule has 0 amide bonds. The number of aromatic nitrogens is 2. The van der Waals surface area contributed by atoms with Crippen molar-refractivity contribution in [2.45, 2.75) is 38.0 Å². The van der Waals surface area contributed by atoms with Gasteiger partial charge in [-0.05, 0) is 47.4 Å². The number of rotatable bonds is 4. The number of fused-ring (bicyclic) bond motifs is 1. The minimum absolute atomic E-state index is 0. The monoisotopic (exact) mass is 493 g/mol. The van der Waals surface area contributed by atoms with Crippen LogP contribution in [0.15, 0.2) is 27.7 Å². The molecule has 136 valence electrons. The Hall–Kier alpha value is -0.800. The van der Waals surface area contributed by atoms with Crippen LogP contribution in [-0.2, 0) is 11.3 Å². The van der Waals surface area contributed by atoms with Crippen molar-refractivity contribution >= 4 is 61.2 Å². The van der Waals surface area contributed by atoms with Gasteiger partial charge in [0.15, 0.2) is 5.78 Å². The lowest BCUT2D eigenvalue weighted by molar-refractivity contribution is -0.121. The number of hydrogen-bond acceptors (Lipinski definition) is 5. The first-order chi connectivity index (χ1) is 11.5. The molecule has 1 aromatic carbocycles.